The summed E-state index contributed by atoms with van der Waals surface area (Å²) in [7, 11) is 1.57. The number of aliphatic hydroxyl groups is 1. The third-order valence-electron chi connectivity index (χ3n) is 17.2. The van der Waals surface area contributed by atoms with Crippen molar-refractivity contribution in [2.45, 2.75) is 360 Å². The van der Waals surface area contributed by atoms with Crippen molar-refractivity contribution in [1.29, 1.82) is 0 Å². The maximum atomic E-state index is 13.1. The molecule has 0 aliphatic rings. The van der Waals surface area contributed by atoms with Crippen LogP contribution in [0.25, 0.3) is 0 Å². The number of carbonyl (C=O) groups excluding carboxylic acids is 1. The van der Waals surface area contributed by atoms with Gasteiger partial charge in [0, 0.05) is 6.42 Å². The Hall–Kier alpha value is -3.10. The lowest BCUT2D eigenvalue weighted by Crippen LogP contribution is -2.45. The number of rotatable bonds is 71. The highest BCUT2D eigenvalue weighted by molar-refractivity contribution is 7.47. The molecule has 3 N–H and O–H groups in total. The summed E-state index contributed by atoms with van der Waals surface area (Å²) in [6.45, 7) is 4.73. The van der Waals surface area contributed by atoms with Gasteiger partial charge in [-0.25, -0.2) is 4.57 Å². The molecule has 0 heterocycles. The second-order valence-corrected chi connectivity index (χ2v) is 28.8. The molecule has 0 bridgehead atoms. The number of nitrogens with one attached hydrogen (secondary N) is 1. The van der Waals surface area contributed by atoms with Crippen molar-refractivity contribution >= 4 is 13.7 Å². The smallest absolute Gasteiger partial charge is 0.387 e. The van der Waals surface area contributed by atoms with Crippen LogP contribution in [0.5, 0.6) is 0 Å². The van der Waals surface area contributed by atoms with Crippen LogP contribution in [0.3, 0.4) is 0 Å². The number of unbranched alkanes of at least 4 members (excludes halogenated alkanes) is 40. The minimum absolute atomic E-state index is 0.0579. The molecule has 0 aromatic rings. The normalized spacial score (nSPS) is 14.2. The van der Waals surface area contributed by atoms with Gasteiger partial charge in [0.25, 0.3) is 0 Å². The van der Waals surface area contributed by atoms with E-state index in [1.807, 2.05) is 27.2 Å². The first-order chi connectivity index (χ1) is 45.0. The predicted octanol–water partition coefficient (Wildman–Crippen LogP) is 25.6. The molecule has 0 fully saturated rings. The van der Waals surface area contributed by atoms with Gasteiger partial charge in [0.2, 0.25) is 5.91 Å². The molecule has 8 nitrogen and oxygen atoms in total. The average molecular weight is 1300 g/mol. The number of amides is 1. The number of quaternary nitrogens is 1. The molecule has 0 saturated heterocycles. The summed E-state index contributed by atoms with van der Waals surface area (Å²) in [5.41, 5.74) is 0. The van der Waals surface area contributed by atoms with E-state index in [1.54, 1.807) is 6.08 Å². The van der Waals surface area contributed by atoms with Crippen molar-refractivity contribution in [3.63, 3.8) is 0 Å². The number of aliphatic hydroxyl groups excluding tert-OH is 1. The summed E-state index contributed by atoms with van der Waals surface area (Å²) in [5, 5.41) is 14.0. The fraction of sp³-hybridized carbons (Fsp3) is 0.747. The predicted molar refractivity (Wildman–Crippen MR) is 405 cm³/mol. The van der Waals surface area contributed by atoms with Gasteiger partial charge in [-0.15, -0.1) is 0 Å². The third kappa shape index (κ3) is 74.3. The fourth-order valence-corrected chi connectivity index (χ4v) is 12.0. The molecular weight excluding hydrogens is 1150 g/mol. The number of allylic oxidation sites excluding steroid dienone is 19. The quantitative estimate of drug-likeness (QED) is 0.0243. The largest absolute Gasteiger partial charge is 0.472 e. The van der Waals surface area contributed by atoms with E-state index in [-0.39, 0.29) is 19.1 Å². The van der Waals surface area contributed by atoms with Crippen molar-refractivity contribution in [3.05, 3.63) is 122 Å². The number of phosphoric ester groups is 1. The van der Waals surface area contributed by atoms with Crippen LogP contribution in [-0.4, -0.2) is 73.4 Å². The number of hydrogen-bond donors (Lipinski definition) is 3. The number of hydrogen-bond acceptors (Lipinski definition) is 5. The molecule has 0 aliphatic heterocycles. The Balaban J connectivity index is 4.04. The standard InChI is InChI=1S/C83H149N2O6P/c1-6-8-10-12-14-16-18-20-22-24-26-28-30-32-34-36-37-38-39-40-41-42-43-44-45-46-47-49-51-53-55-57-59-61-63-65-67-69-71-73-75-77-83(87)84-81(80-91-92(88,89)90-79-78-85(3,4)5)82(86)76-74-72-70-68-66-64-62-60-58-56-54-52-50-48-35-33-31-29-27-25-23-21-19-17-15-13-11-9-7-2/h8,10,14,16,20,22,26,28,32,34,37-38,40-41,43-44,46-47,74,76,81-82,86H,6-7,9,11-13,15,17-19,21,23-25,27,29-31,33,35-36,39,42,45,48-73,75,77-80H2,1-5H3,(H-,84,87,88,89)/p+1/b10-8-,16-14-,22-20-,28-26-,34-32-,38-37-,41-40-,44-43-,47-46-,76-74+. The summed E-state index contributed by atoms with van der Waals surface area (Å²) >= 11 is 0. The molecule has 0 aromatic carbocycles. The van der Waals surface area contributed by atoms with E-state index < -0.39 is 20.0 Å². The second-order valence-electron chi connectivity index (χ2n) is 27.4. The maximum Gasteiger partial charge on any atom is 0.472 e. The van der Waals surface area contributed by atoms with Crippen molar-refractivity contribution in [2.24, 2.45) is 0 Å². The Kier molecular flexibility index (Phi) is 69.7. The van der Waals surface area contributed by atoms with E-state index in [0.29, 0.717) is 17.4 Å². The first kappa shape index (κ1) is 88.9. The van der Waals surface area contributed by atoms with Gasteiger partial charge in [-0.1, -0.05) is 373 Å². The van der Waals surface area contributed by atoms with Crippen molar-refractivity contribution in [1.82, 2.24) is 5.32 Å². The van der Waals surface area contributed by atoms with Gasteiger partial charge in [-0.05, 0) is 89.9 Å². The maximum absolute atomic E-state index is 13.1. The van der Waals surface area contributed by atoms with E-state index in [2.05, 4.69) is 129 Å². The van der Waals surface area contributed by atoms with E-state index in [0.717, 1.165) is 96.3 Å². The zero-order chi connectivity index (χ0) is 66.9. The summed E-state index contributed by atoms with van der Waals surface area (Å²) in [4.78, 5) is 23.5. The van der Waals surface area contributed by atoms with Crippen LogP contribution >= 0.6 is 7.82 Å². The van der Waals surface area contributed by atoms with Crippen molar-refractivity contribution < 1.29 is 32.9 Å². The summed E-state index contributed by atoms with van der Waals surface area (Å²) in [5.74, 6) is -0.178. The lowest BCUT2D eigenvalue weighted by atomic mass is 10.0. The molecule has 3 atom stereocenters. The molecule has 0 rings (SSSR count). The lowest BCUT2D eigenvalue weighted by Gasteiger charge is -2.25. The molecule has 92 heavy (non-hydrogen) atoms. The Labute approximate surface area is 571 Å². The van der Waals surface area contributed by atoms with Gasteiger partial charge in [-0.2, -0.15) is 0 Å². The first-order valence-corrected chi connectivity index (χ1v) is 40.4. The monoisotopic (exact) mass is 1300 g/mol. The van der Waals surface area contributed by atoms with Crippen LogP contribution in [0, 0.1) is 0 Å². The van der Waals surface area contributed by atoms with Crippen molar-refractivity contribution in [2.75, 3.05) is 40.9 Å². The highest BCUT2D eigenvalue weighted by Crippen LogP contribution is 2.43. The molecule has 532 valence electrons. The summed E-state index contributed by atoms with van der Waals surface area (Å²) in [6.07, 6.45) is 108. The number of likely N-dealkylation sites (N-methyl/N-ethyl adjacent to an activating group) is 1. The summed E-state index contributed by atoms with van der Waals surface area (Å²) < 4.78 is 23.9. The number of phosphoric acid groups is 1. The highest BCUT2D eigenvalue weighted by Gasteiger charge is 2.28. The Morgan fingerprint density at radius 3 is 0.957 bits per heavy atom. The van der Waals surface area contributed by atoms with E-state index in [4.69, 9.17) is 9.05 Å². The van der Waals surface area contributed by atoms with Crippen LogP contribution in [0.2, 0.25) is 0 Å². The Morgan fingerprint density at radius 1 is 0.380 bits per heavy atom. The molecule has 0 saturated carbocycles. The van der Waals surface area contributed by atoms with Crippen LogP contribution in [0.15, 0.2) is 122 Å². The Morgan fingerprint density at radius 2 is 0.652 bits per heavy atom. The van der Waals surface area contributed by atoms with Crippen LogP contribution in [0.4, 0.5) is 0 Å². The van der Waals surface area contributed by atoms with Crippen molar-refractivity contribution in [3.8, 4) is 0 Å². The topological polar surface area (TPSA) is 105 Å². The molecular formula is C83H150N2O6P+. The van der Waals surface area contributed by atoms with Gasteiger partial charge >= 0.3 is 7.82 Å². The minimum Gasteiger partial charge on any atom is -0.387 e. The molecule has 0 aliphatic carbocycles. The third-order valence-corrected chi connectivity index (χ3v) is 18.2. The lowest BCUT2D eigenvalue weighted by molar-refractivity contribution is -0.870. The zero-order valence-corrected chi connectivity index (χ0v) is 61.9. The number of nitrogens with zero attached hydrogens (tertiary/aromatic N) is 1. The van der Waals surface area contributed by atoms with E-state index in [1.165, 1.54) is 231 Å². The van der Waals surface area contributed by atoms with Crippen LogP contribution in [0.1, 0.15) is 348 Å². The molecule has 9 heteroatoms. The molecule has 1 amide bonds. The molecule has 0 aromatic heterocycles. The average Bonchev–Trinajstić information content (AvgIpc) is 2.63. The summed E-state index contributed by atoms with van der Waals surface area (Å²) in [6, 6.07) is -0.856. The van der Waals surface area contributed by atoms with Gasteiger partial charge in [0.15, 0.2) is 0 Å². The minimum atomic E-state index is -4.36. The van der Waals surface area contributed by atoms with Crippen LogP contribution < -0.4 is 5.32 Å². The van der Waals surface area contributed by atoms with Gasteiger partial charge in [0.05, 0.1) is 39.9 Å². The molecule has 0 radical (unpaired) electrons. The first-order valence-electron chi connectivity index (χ1n) is 38.9. The van der Waals surface area contributed by atoms with E-state index >= 15 is 0 Å². The second kappa shape index (κ2) is 72.2. The number of carbonyl (C=O) groups is 1. The Bertz CT molecular complexity index is 1920. The van der Waals surface area contributed by atoms with Crippen LogP contribution in [-0.2, 0) is 18.4 Å². The van der Waals surface area contributed by atoms with Gasteiger partial charge < -0.3 is 19.8 Å². The molecule has 0 spiro atoms. The molecule has 3 unspecified atom stereocenters. The van der Waals surface area contributed by atoms with Gasteiger partial charge in [-0.3, -0.25) is 13.8 Å². The van der Waals surface area contributed by atoms with Gasteiger partial charge in [0.1, 0.15) is 13.2 Å². The van der Waals surface area contributed by atoms with E-state index in [9.17, 15) is 19.4 Å². The SMILES string of the molecule is CC/C=C\C/C=C\C/C=C\C/C=C\C/C=C\C/C=C\C/C=C\C/C=C\C/C=C\CCCCCCCCCCCCCCCC(=O)NC(COP(=O)(O)OCC[N+](C)(C)C)C(O)/C=C/CCCCCCCCCCCCCCCCCCCCCCCCCCCCC. The zero-order valence-electron chi connectivity index (χ0n) is 61.0. The highest BCUT2D eigenvalue weighted by atomic mass is 31.2. The fourth-order valence-electron chi connectivity index (χ4n) is 11.2.